The lowest BCUT2D eigenvalue weighted by atomic mass is 10.1. The predicted molar refractivity (Wildman–Crippen MR) is 122 cm³/mol. The molecule has 0 radical (unpaired) electrons. The minimum Gasteiger partial charge on any atom is -0.477 e. The van der Waals surface area contributed by atoms with Gasteiger partial charge in [-0.2, -0.15) is 5.10 Å². The van der Waals surface area contributed by atoms with Gasteiger partial charge >= 0.3 is 5.97 Å². The van der Waals surface area contributed by atoms with Gasteiger partial charge in [0.25, 0.3) is 15.9 Å². The first-order valence-electron chi connectivity index (χ1n) is 10.1. The molecule has 33 heavy (non-hydrogen) atoms. The molecule has 2 aromatic carbocycles. The topological polar surface area (TPSA) is 123 Å². The summed E-state index contributed by atoms with van der Waals surface area (Å²) in [5.74, 6) is -1.70. The van der Waals surface area contributed by atoms with Crippen molar-refractivity contribution >= 4 is 32.8 Å². The SMILES string of the molecule is CNC(=O)c1cc(C(=O)O)n(C(C)c2ccc3c(ccn3S(=O)(=O)c3ccc(C)cc3)c2)n1. The largest absolute Gasteiger partial charge is 0.477 e. The van der Waals surface area contributed by atoms with Crippen LogP contribution in [-0.2, 0) is 10.0 Å². The van der Waals surface area contributed by atoms with Gasteiger partial charge in [-0.05, 0) is 49.7 Å². The Morgan fingerprint density at radius 3 is 2.39 bits per heavy atom. The number of rotatable bonds is 6. The maximum atomic E-state index is 13.1. The van der Waals surface area contributed by atoms with Crippen LogP contribution in [-0.4, -0.2) is 46.2 Å². The highest BCUT2D eigenvalue weighted by Gasteiger charge is 2.23. The van der Waals surface area contributed by atoms with Crippen LogP contribution in [0.1, 0.15) is 45.1 Å². The Bertz CT molecular complexity index is 1480. The molecular formula is C23H22N4O5S. The lowest BCUT2D eigenvalue weighted by molar-refractivity contribution is 0.0681. The summed E-state index contributed by atoms with van der Waals surface area (Å²) in [5.41, 5.74) is 2.04. The van der Waals surface area contributed by atoms with Crippen molar-refractivity contribution in [3.63, 3.8) is 0 Å². The molecule has 4 rings (SSSR count). The first-order chi connectivity index (χ1) is 15.6. The van der Waals surface area contributed by atoms with Crippen molar-refractivity contribution in [2.45, 2.75) is 24.8 Å². The molecule has 2 N–H and O–H groups in total. The fourth-order valence-corrected chi connectivity index (χ4v) is 5.01. The summed E-state index contributed by atoms with van der Waals surface area (Å²) in [6, 6.07) is 14.2. The van der Waals surface area contributed by atoms with Crippen molar-refractivity contribution in [1.82, 2.24) is 19.1 Å². The van der Waals surface area contributed by atoms with Gasteiger partial charge in [0.1, 0.15) is 5.69 Å². The van der Waals surface area contributed by atoms with Crippen molar-refractivity contribution in [1.29, 1.82) is 0 Å². The minimum atomic E-state index is -3.77. The number of hydrogen-bond donors (Lipinski definition) is 2. The summed E-state index contributed by atoms with van der Waals surface area (Å²) < 4.78 is 28.7. The van der Waals surface area contributed by atoms with Gasteiger partial charge in [0.15, 0.2) is 5.69 Å². The van der Waals surface area contributed by atoms with Crippen LogP contribution in [0.2, 0.25) is 0 Å². The lowest BCUT2D eigenvalue weighted by Crippen LogP contribution is -2.19. The van der Waals surface area contributed by atoms with E-state index in [1.165, 1.54) is 28.0 Å². The Morgan fingerprint density at radius 2 is 1.76 bits per heavy atom. The summed E-state index contributed by atoms with van der Waals surface area (Å²) in [7, 11) is -2.34. The molecule has 4 aromatic rings. The van der Waals surface area contributed by atoms with Gasteiger partial charge in [0, 0.05) is 24.7 Å². The van der Waals surface area contributed by atoms with Crippen LogP contribution in [0.25, 0.3) is 10.9 Å². The number of nitrogens with one attached hydrogen (secondary N) is 1. The first-order valence-corrected chi connectivity index (χ1v) is 11.6. The minimum absolute atomic E-state index is 0.00169. The predicted octanol–water partition coefficient (Wildman–Crippen LogP) is 3.05. The molecular weight excluding hydrogens is 444 g/mol. The molecule has 0 aliphatic heterocycles. The van der Waals surface area contributed by atoms with E-state index in [9.17, 15) is 23.1 Å². The van der Waals surface area contributed by atoms with Crippen LogP contribution < -0.4 is 5.32 Å². The van der Waals surface area contributed by atoms with Crippen LogP contribution >= 0.6 is 0 Å². The molecule has 10 heteroatoms. The van der Waals surface area contributed by atoms with E-state index in [4.69, 9.17) is 0 Å². The number of benzene rings is 2. The highest BCUT2D eigenvalue weighted by atomic mass is 32.2. The van der Waals surface area contributed by atoms with Crippen LogP contribution in [0, 0.1) is 6.92 Å². The molecule has 9 nitrogen and oxygen atoms in total. The van der Waals surface area contributed by atoms with E-state index < -0.39 is 27.9 Å². The van der Waals surface area contributed by atoms with Gasteiger partial charge in [-0.15, -0.1) is 0 Å². The molecule has 0 fully saturated rings. The second kappa shape index (κ2) is 8.21. The van der Waals surface area contributed by atoms with Gasteiger partial charge in [0.2, 0.25) is 0 Å². The smallest absolute Gasteiger partial charge is 0.354 e. The van der Waals surface area contributed by atoms with E-state index in [0.29, 0.717) is 16.5 Å². The third kappa shape index (κ3) is 3.89. The van der Waals surface area contributed by atoms with Gasteiger partial charge in [-0.25, -0.2) is 17.2 Å². The monoisotopic (exact) mass is 466 g/mol. The highest BCUT2D eigenvalue weighted by molar-refractivity contribution is 7.90. The molecule has 0 saturated carbocycles. The molecule has 1 amide bonds. The normalized spacial score (nSPS) is 12.6. The number of aromatic carboxylic acids is 1. The fourth-order valence-electron chi connectivity index (χ4n) is 3.66. The Hall–Kier alpha value is -3.92. The van der Waals surface area contributed by atoms with Crippen LogP contribution in [0.5, 0.6) is 0 Å². The molecule has 2 aromatic heterocycles. The Morgan fingerprint density at radius 1 is 1.06 bits per heavy atom. The highest BCUT2D eigenvalue weighted by Crippen LogP contribution is 2.27. The molecule has 0 bridgehead atoms. The Kier molecular flexibility index (Phi) is 5.54. The number of aryl methyl sites for hydroxylation is 1. The summed E-state index contributed by atoms with van der Waals surface area (Å²) in [4.78, 5) is 23.8. The average molecular weight is 467 g/mol. The molecule has 2 heterocycles. The summed E-state index contributed by atoms with van der Waals surface area (Å²) >= 11 is 0. The van der Waals surface area contributed by atoms with Crippen LogP contribution in [0.4, 0.5) is 0 Å². The number of aromatic nitrogens is 3. The third-order valence-electron chi connectivity index (χ3n) is 5.52. The Balaban J connectivity index is 1.75. The molecule has 0 aliphatic carbocycles. The fraction of sp³-hybridized carbons (Fsp3) is 0.174. The van der Waals surface area contributed by atoms with Crippen molar-refractivity contribution in [3.8, 4) is 0 Å². The second-order valence-electron chi connectivity index (χ2n) is 7.67. The zero-order valence-corrected chi connectivity index (χ0v) is 19.0. The number of amides is 1. The van der Waals surface area contributed by atoms with Crippen molar-refractivity contribution in [2.75, 3.05) is 7.05 Å². The summed E-state index contributed by atoms with van der Waals surface area (Å²) in [6.45, 7) is 3.64. The van der Waals surface area contributed by atoms with Crippen LogP contribution in [0.15, 0.2) is 65.7 Å². The van der Waals surface area contributed by atoms with Gasteiger partial charge < -0.3 is 10.4 Å². The Labute approximate surface area is 190 Å². The average Bonchev–Trinajstić information content (AvgIpc) is 3.43. The molecule has 1 unspecified atom stereocenters. The number of hydrogen-bond acceptors (Lipinski definition) is 5. The standard InChI is InChI=1S/C23H22N4O5S/c1-14-4-7-18(8-5-14)33(31,32)26-11-10-17-12-16(6-9-20(17)26)15(2)27-21(23(29)30)13-19(25-27)22(28)24-3/h4-13,15H,1-3H3,(H,24,28)(H,29,30). The van der Waals surface area contributed by atoms with E-state index in [1.807, 2.05) is 6.92 Å². The lowest BCUT2D eigenvalue weighted by Gasteiger charge is -2.15. The third-order valence-corrected chi connectivity index (χ3v) is 7.22. The number of carbonyl (C=O) groups excluding carboxylic acids is 1. The molecule has 170 valence electrons. The second-order valence-corrected chi connectivity index (χ2v) is 9.48. The van der Waals surface area contributed by atoms with Gasteiger partial charge in [-0.3, -0.25) is 9.48 Å². The summed E-state index contributed by atoms with van der Waals surface area (Å²) in [5, 5.41) is 16.8. The maximum absolute atomic E-state index is 13.1. The number of carboxylic acids is 1. The van der Waals surface area contributed by atoms with Gasteiger partial charge in [-0.1, -0.05) is 23.8 Å². The first kappa shape index (κ1) is 22.3. The van der Waals surface area contributed by atoms with E-state index in [-0.39, 0.29) is 16.3 Å². The van der Waals surface area contributed by atoms with Gasteiger partial charge in [0.05, 0.1) is 16.5 Å². The van der Waals surface area contributed by atoms with E-state index in [0.717, 1.165) is 5.56 Å². The molecule has 1 atom stereocenters. The van der Waals surface area contributed by atoms with E-state index in [2.05, 4.69) is 10.4 Å². The number of carboxylic acid groups (broad SMARTS) is 1. The molecule has 0 aliphatic rings. The van der Waals surface area contributed by atoms with E-state index in [1.54, 1.807) is 55.5 Å². The zero-order chi connectivity index (χ0) is 23.9. The molecule has 0 spiro atoms. The number of nitrogens with zero attached hydrogens (tertiary/aromatic N) is 3. The van der Waals surface area contributed by atoms with Crippen molar-refractivity contribution in [3.05, 3.63) is 83.3 Å². The summed E-state index contributed by atoms with van der Waals surface area (Å²) in [6.07, 6.45) is 1.49. The number of fused-ring (bicyclic) bond motifs is 1. The van der Waals surface area contributed by atoms with Crippen molar-refractivity contribution in [2.24, 2.45) is 0 Å². The maximum Gasteiger partial charge on any atom is 0.354 e. The van der Waals surface area contributed by atoms with Crippen molar-refractivity contribution < 1.29 is 23.1 Å². The molecule has 0 saturated heterocycles. The quantitative estimate of drug-likeness (QED) is 0.450. The number of carbonyl (C=O) groups is 2. The van der Waals surface area contributed by atoms with Crippen LogP contribution in [0.3, 0.4) is 0 Å². The zero-order valence-electron chi connectivity index (χ0n) is 18.2. The van der Waals surface area contributed by atoms with E-state index >= 15 is 0 Å².